The molecule has 1 atom stereocenters. The monoisotopic (exact) mass is 1010 g/mol. The highest BCUT2D eigenvalue weighted by molar-refractivity contribution is 8.06. The summed E-state index contributed by atoms with van der Waals surface area (Å²) in [6, 6.07) is 25.7. The van der Waals surface area contributed by atoms with E-state index in [1.807, 2.05) is 53.2 Å². The maximum absolute atomic E-state index is 13.9. The lowest BCUT2D eigenvalue weighted by atomic mass is 9.95. The molecule has 4 aromatic carbocycles. The largest absolute Gasteiger partial charge is 0.780 e. The summed E-state index contributed by atoms with van der Waals surface area (Å²) in [5, 5.41) is 34.9. The number of benzene rings is 4. The average molecular weight is 1010 g/mol. The predicted molar refractivity (Wildman–Crippen MR) is 266 cm³/mol. The van der Waals surface area contributed by atoms with Crippen molar-refractivity contribution in [3.05, 3.63) is 112 Å². The van der Waals surface area contributed by atoms with Crippen molar-refractivity contribution in [2.45, 2.75) is 51.6 Å². The molecule has 0 bridgehead atoms. The second-order valence-electron chi connectivity index (χ2n) is 16.3. The molecule has 2 aromatic heterocycles. The Morgan fingerprint density at radius 3 is 2.28 bits per heavy atom. The standard InChI is InChI=1S/C50H57N6O13PS/c1-64-70(63,71)68-25-9-3-2-8-22-51-44(59)20-21-45(60)55-33-36-10-4-5-11-37(36)47-46(38-12-6-7-13-40(38)55)53-54-56(47)24-27-66-29-31-67-30-28-65-26-23-52-50(62)35-16-14-34(15-17-35)43-32-42(58)39-18-19-41(57)48(61)49(39)69-43/h4-7,10-19,32,57,61H,2-3,8-9,20-31,33H2,1H3,(H,51,59)(H,52,62)(H,63,71)/p-1. The zero-order valence-corrected chi connectivity index (χ0v) is 40.9. The molecule has 0 fully saturated rings. The van der Waals surface area contributed by atoms with Crippen LogP contribution in [0.15, 0.2) is 100 Å². The van der Waals surface area contributed by atoms with Gasteiger partial charge in [-0.3, -0.25) is 19.2 Å². The van der Waals surface area contributed by atoms with Crippen molar-refractivity contribution in [2.24, 2.45) is 0 Å². The number of unbranched alkanes of at least 4 members (excludes halogenated alkanes) is 3. The molecule has 0 aliphatic carbocycles. The molecule has 1 unspecified atom stereocenters. The molecule has 3 heterocycles. The molecule has 7 rings (SSSR count). The van der Waals surface area contributed by atoms with Crippen molar-refractivity contribution in [3.8, 4) is 45.3 Å². The molecule has 19 nitrogen and oxygen atoms in total. The van der Waals surface area contributed by atoms with Gasteiger partial charge in [0, 0.05) is 61.4 Å². The number of phenolic OH excluding ortho intramolecular Hbond substituents is 2. The Morgan fingerprint density at radius 2 is 1.51 bits per heavy atom. The first-order valence-corrected chi connectivity index (χ1v) is 25.8. The lowest BCUT2D eigenvalue weighted by Crippen LogP contribution is -2.33. The van der Waals surface area contributed by atoms with Crippen molar-refractivity contribution in [1.29, 1.82) is 0 Å². The third-order valence-corrected chi connectivity index (χ3v) is 13.2. The van der Waals surface area contributed by atoms with Crippen LogP contribution in [0.4, 0.5) is 5.69 Å². The summed E-state index contributed by atoms with van der Waals surface area (Å²) in [6.45, 7) is 0.255. The summed E-state index contributed by atoms with van der Waals surface area (Å²) in [7, 11) is 1.26. The van der Waals surface area contributed by atoms with E-state index in [0.717, 1.165) is 41.6 Å². The van der Waals surface area contributed by atoms with Gasteiger partial charge in [-0.1, -0.05) is 84.5 Å². The minimum atomic E-state index is -3.39. The molecule has 1 aliphatic rings. The Balaban J connectivity index is 0.803. The van der Waals surface area contributed by atoms with Gasteiger partial charge in [0.2, 0.25) is 17.6 Å². The summed E-state index contributed by atoms with van der Waals surface area (Å²) < 4.78 is 34.4. The quantitative estimate of drug-likeness (QED) is 0.0284. The van der Waals surface area contributed by atoms with Crippen LogP contribution < -0.4 is 25.9 Å². The lowest BCUT2D eigenvalue weighted by Gasteiger charge is -2.28. The zero-order valence-electron chi connectivity index (χ0n) is 39.2. The molecule has 6 aromatic rings. The van der Waals surface area contributed by atoms with Crippen LogP contribution in [-0.2, 0) is 57.7 Å². The summed E-state index contributed by atoms with van der Waals surface area (Å²) in [5.74, 6) is -1.46. The fourth-order valence-corrected chi connectivity index (χ4v) is 8.51. The number of aromatic hydroxyl groups is 2. The molecule has 0 radical (unpaired) electrons. The van der Waals surface area contributed by atoms with Gasteiger partial charge in [-0.05, 0) is 48.7 Å². The highest BCUT2D eigenvalue weighted by atomic mass is 32.5. The minimum Gasteiger partial charge on any atom is -0.780 e. The molecule has 0 saturated carbocycles. The number of para-hydroxylation sites is 1. The predicted octanol–water partition coefficient (Wildman–Crippen LogP) is 5.83. The van der Waals surface area contributed by atoms with Gasteiger partial charge in [-0.25, -0.2) is 4.68 Å². The van der Waals surface area contributed by atoms with Gasteiger partial charge in [-0.15, -0.1) is 5.10 Å². The van der Waals surface area contributed by atoms with Gasteiger partial charge < -0.3 is 58.3 Å². The molecule has 71 heavy (non-hydrogen) atoms. The number of rotatable bonds is 26. The normalized spacial score (nSPS) is 12.8. The second kappa shape index (κ2) is 25.7. The average Bonchev–Trinajstić information content (AvgIpc) is 3.79. The van der Waals surface area contributed by atoms with Crippen LogP contribution in [-0.4, -0.2) is 109 Å². The number of phenols is 2. The van der Waals surface area contributed by atoms with Crippen LogP contribution in [0.3, 0.4) is 0 Å². The molecular weight excluding hydrogens is 956 g/mol. The van der Waals surface area contributed by atoms with E-state index in [1.54, 1.807) is 29.2 Å². The first kappa shape index (κ1) is 52.5. The fourth-order valence-electron chi connectivity index (χ4n) is 7.83. The Labute approximate surface area is 414 Å². The highest BCUT2D eigenvalue weighted by Gasteiger charge is 2.29. The minimum absolute atomic E-state index is 0.0230. The van der Waals surface area contributed by atoms with E-state index in [4.69, 9.17) is 35.0 Å². The Kier molecular flexibility index (Phi) is 19.0. The number of carbonyl (C=O) groups is 3. The van der Waals surface area contributed by atoms with Gasteiger partial charge in [-0.2, -0.15) is 0 Å². The topological polar surface area (TPSA) is 249 Å². The van der Waals surface area contributed by atoms with Gasteiger partial charge in [0.1, 0.15) is 18.2 Å². The third kappa shape index (κ3) is 14.2. The number of hydrogen-bond donors (Lipinski definition) is 4. The number of fused-ring (bicyclic) bond motifs is 6. The number of nitrogens with zero attached hydrogens (tertiary/aromatic N) is 4. The van der Waals surface area contributed by atoms with Crippen LogP contribution in [0.1, 0.15) is 54.4 Å². The Morgan fingerprint density at radius 1 is 0.803 bits per heavy atom. The van der Waals surface area contributed by atoms with Crippen molar-refractivity contribution in [2.75, 3.05) is 71.3 Å². The van der Waals surface area contributed by atoms with E-state index in [9.17, 15) is 34.3 Å². The van der Waals surface area contributed by atoms with Crippen molar-refractivity contribution in [3.63, 3.8) is 0 Å². The van der Waals surface area contributed by atoms with E-state index in [0.29, 0.717) is 75.1 Å². The van der Waals surface area contributed by atoms with Gasteiger partial charge in [0.15, 0.2) is 16.8 Å². The number of amides is 3. The Hall–Kier alpha value is -6.35. The fraction of sp³-hybridized carbons (Fsp3) is 0.360. The van der Waals surface area contributed by atoms with Gasteiger partial charge in [0.25, 0.3) is 5.91 Å². The maximum Gasteiger partial charge on any atom is 0.251 e. The van der Waals surface area contributed by atoms with Crippen molar-refractivity contribution >= 4 is 52.9 Å². The van der Waals surface area contributed by atoms with E-state index in [2.05, 4.69) is 25.5 Å². The van der Waals surface area contributed by atoms with Crippen LogP contribution in [0, 0.1) is 0 Å². The first-order valence-electron chi connectivity index (χ1n) is 23.2. The zero-order chi connectivity index (χ0) is 50.2. The van der Waals surface area contributed by atoms with Crippen LogP contribution in [0.5, 0.6) is 11.5 Å². The van der Waals surface area contributed by atoms with E-state index >= 15 is 0 Å². The molecule has 4 N–H and O–H groups in total. The highest BCUT2D eigenvalue weighted by Crippen LogP contribution is 2.41. The number of aromatic nitrogens is 3. The summed E-state index contributed by atoms with van der Waals surface area (Å²) in [6.07, 6.45) is 3.16. The molecule has 21 heteroatoms. The number of ether oxygens (including phenoxy) is 3. The number of anilines is 1. The number of nitrogens with one attached hydrogen (secondary N) is 2. The molecule has 3 amide bonds. The van der Waals surface area contributed by atoms with Crippen LogP contribution in [0.25, 0.3) is 44.8 Å². The third-order valence-electron chi connectivity index (χ3n) is 11.5. The summed E-state index contributed by atoms with van der Waals surface area (Å²) in [4.78, 5) is 65.3. The number of carbonyl (C=O) groups excluding carboxylic acids is 3. The molecule has 376 valence electrons. The van der Waals surface area contributed by atoms with Crippen LogP contribution in [0.2, 0.25) is 0 Å². The molecule has 0 spiro atoms. The molecule has 1 aliphatic heterocycles. The second-order valence-corrected chi connectivity index (χ2v) is 19.2. The maximum atomic E-state index is 13.9. The van der Waals surface area contributed by atoms with Crippen molar-refractivity contribution in [1.82, 2.24) is 25.6 Å². The summed E-state index contributed by atoms with van der Waals surface area (Å²) in [5.41, 5.74) is 5.04. The summed E-state index contributed by atoms with van der Waals surface area (Å²) >= 11 is 4.71. The van der Waals surface area contributed by atoms with Crippen LogP contribution >= 0.6 is 6.72 Å². The Bertz CT molecular complexity index is 2890. The van der Waals surface area contributed by atoms with E-state index < -0.39 is 18.2 Å². The SMILES string of the molecule is COP([O-])(=S)OCCCCCCNC(=O)CCC(=O)N1Cc2ccccc2-c2c(nnn2CCOCCOCCOCCNC(=O)c2ccc(-c3cc(=O)c4ccc(O)c(O)c4o3)cc2)-c2ccccc21. The lowest BCUT2D eigenvalue weighted by molar-refractivity contribution is -0.204. The first-order chi connectivity index (χ1) is 34.4. The smallest absolute Gasteiger partial charge is 0.251 e. The molecular formula is C50H56N6O13PS-. The van der Waals surface area contributed by atoms with Gasteiger partial charge in [0.05, 0.1) is 76.1 Å². The van der Waals surface area contributed by atoms with Crippen molar-refractivity contribution < 1.29 is 57.2 Å². The van der Waals surface area contributed by atoms with Gasteiger partial charge >= 0.3 is 0 Å². The van der Waals surface area contributed by atoms with E-state index in [-0.39, 0.29) is 79.0 Å². The number of hydrogen-bond acceptors (Lipinski definition) is 16. The molecule has 0 saturated heterocycles. The van der Waals surface area contributed by atoms with E-state index in [1.165, 1.54) is 25.3 Å².